The van der Waals surface area contributed by atoms with Gasteiger partial charge in [0.25, 0.3) is 0 Å². The lowest BCUT2D eigenvalue weighted by Gasteiger charge is -2.17. The number of hydrogen-bond acceptors (Lipinski definition) is 3. The van der Waals surface area contributed by atoms with Crippen LogP contribution in [0.2, 0.25) is 0 Å². The molecular formula is C24H26N4O. The van der Waals surface area contributed by atoms with E-state index in [0.717, 1.165) is 50.3 Å². The number of amides is 1. The minimum absolute atomic E-state index is 0.311. The zero-order valence-electron chi connectivity index (χ0n) is 16.8. The van der Waals surface area contributed by atoms with Crippen molar-refractivity contribution in [2.75, 3.05) is 13.1 Å². The second kappa shape index (κ2) is 7.47. The molecule has 1 saturated heterocycles. The summed E-state index contributed by atoms with van der Waals surface area (Å²) in [5.41, 5.74) is 4.75. The second-order valence-electron chi connectivity index (χ2n) is 8.46. The number of benzene rings is 2. The van der Waals surface area contributed by atoms with E-state index in [0.29, 0.717) is 17.7 Å². The van der Waals surface area contributed by atoms with Gasteiger partial charge in [-0.2, -0.15) is 0 Å². The maximum Gasteiger partial charge on any atom is 0.225 e. The van der Waals surface area contributed by atoms with Crippen LogP contribution in [-0.2, 0) is 11.3 Å². The van der Waals surface area contributed by atoms with E-state index in [1.807, 2.05) is 6.33 Å². The molecule has 0 spiro atoms. The first-order valence-electron chi connectivity index (χ1n) is 10.5. The van der Waals surface area contributed by atoms with Gasteiger partial charge in [0, 0.05) is 31.1 Å². The molecule has 1 aromatic heterocycles. The molecule has 0 bridgehead atoms. The Labute approximate surface area is 171 Å². The Morgan fingerprint density at radius 3 is 2.31 bits per heavy atom. The van der Waals surface area contributed by atoms with Crippen molar-refractivity contribution in [3.05, 3.63) is 60.4 Å². The molecule has 5 rings (SSSR count). The van der Waals surface area contributed by atoms with E-state index >= 15 is 0 Å². The molecule has 1 amide bonds. The van der Waals surface area contributed by atoms with Crippen LogP contribution in [0.4, 0.5) is 0 Å². The fourth-order valence-corrected chi connectivity index (χ4v) is 4.22. The van der Waals surface area contributed by atoms with Crippen LogP contribution in [-0.4, -0.2) is 38.7 Å². The zero-order valence-corrected chi connectivity index (χ0v) is 16.8. The van der Waals surface area contributed by atoms with Crippen molar-refractivity contribution in [2.45, 2.75) is 32.7 Å². The number of aryl methyl sites for hydroxylation is 1. The number of aromatic nitrogens is 3. The third kappa shape index (κ3) is 3.82. The Bertz CT molecular complexity index is 1000. The van der Waals surface area contributed by atoms with Crippen molar-refractivity contribution in [1.29, 1.82) is 0 Å². The molecule has 29 heavy (non-hydrogen) atoms. The molecule has 1 saturated carbocycles. The quantitative estimate of drug-likeness (QED) is 0.661. The molecule has 1 atom stereocenters. The van der Waals surface area contributed by atoms with Crippen LogP contribution in [0.15, 0.2) is 54.9 Å². The van der Waals surface area contributed by atoms with Crippen LogP contribution in [0.1, 0.15) is 24.8 Å². The number of hydrogen-bond donors (Lipinski definition) is 0. The molecule has 0 unspecified atom stereocenters. The lowest BCUT2D eigenvalue weighted by Crippen LogP contribution is -2.30. The van der Waals surface area contributed by atoms with Crippen LogP contribution in [0.5, 0.6) is 0 Å². The molecule has 5 heteroatoms. The number of carbonyl (C=O) groups is 1. The number of rotatable bonds is 5. The highest BCUT2D eigenvalue weighted by Gasteiger charge is 2.36. The predicted molar refractivity (Wildman–Crippen MR) is 113 cm³/mol. The maximum atomic E-state index is 12.3. The van der Waals surface area contributed by atoms with E-state index in [4.69, 9.17) is 0 Å². The van der Waals surface area contributed by atoms with E-state index in [2.05, 4.69) is 75.1 Å². The van der Waals surface area contributed by atoms with E-state index in [1.54, 1.807) is 0 Å². The summed E-state index contributed by atoms with van der Waals surface area (Å²) in [6.45, 7) is 4.71. The molecule has 1 aliphatic heterocycles. The summed E-state index contributed by atoms with van der Waals surface area (Å²) in [6, 6.07) is 17.1. The first-order chi connectivity index (χ1) is 14.2. The van der Waals surface area contributed by atoms with Crippen molar-refractivity contribution in [1.82, 2.24) is 19.7 Å². The maximum absolute atomic E-state index is 12.3. The molecule has 0 radical (unpaired) electrons. The van der Waals surface area contributed by atoms with Crippen LogP contribution >= 0.6 is 0 Å². The molecule has 1 aliphatic carbocycles. The molecular weight excluding hydrogens is 360 g/mol. The van der Waals surface area contributed by atoms with E-state index in [9.17, 15) is 4.79 Å². The van der Waals surface area contributed by atoms with E-state index < -0.39 is 0 Å². The fourth-order valence-electron chi connectivity index (χ4n) is 4.22. The van der Waals surface area contributed by atoms with Crippen LogP contribution in [0, 0.1) is 18.8 Å². The Morgan fingerprint density at radius 1 is 0.966 bits per heavy atom. The lowest BCUT2D eigenvalue weighted by atomic mass is 10.0. The van der Waals surface area contributed by atoms with Crippen molar-refractivity contribution >= 4 is 5.91 Å². The average Bonchev–Trinajstić information content (AvgIpc) is 3.32. The zero-order chi connectivity index (χ0) is 19.8. The summed E-state index contributed by atoms with van der Waals surface area (Å²) in [5.74, 6) is 2.04. The summed E-state index contributed by atoms with van der Waals surface area (Å²) in [6.07, 6.45) is 5.03. The Morgan fingerprint density at radius 2 is 1.62 bits per heavy atom. The van der Waals surface area contributed by atoms with Gasteiger partial charge in [-0.15, -0.1) is 10.2 Å². The lowest BCUT2D eigenvalue weighted by molar-refractivity contribution is -0.131. The molecule has 2 aliphatic rings. The fraction of sp³-hybridized carbons (Fsp3) is 0.375. The van der Waals surface area contributed by atoms with Gasteiger partial charge in [-0.1, -0.05) is 54.1 Å². The van der Waals surface area contributed by atoms with Gasteiger partial charge in [-0.05, 0) is 43.2 Å². The van der Waals surface area contributed by atoms with Crippen LogP contribution < -0.4 is 0 Å². The van der Waals surface area contributed by atoms with Crippen molar-refractivity contribution in [3.63, 3.8) is 0 Å². The topological polar surface area (TPSA) is 51.0 Å². The van der Waals surface area contributed by atoms with Gasteiger partial charge < -0.3 is 9.47 Å². The Kier molecular flexibility index (Phi) is 4.66. The highest BCUT2D eigenvalue weighted by molar-refractivity contribution is 5.81. The van der Waals surface area contributed by atoms with Gasteiger partial charge in [0.2, 0.25) is 5.91 Å². The first-order valence-corrected chi connectivity index (χ1v) is 10.5. The van der Waals surface area contributed by atoms with Crippen molar-refractivity contribution in [3.8, 4) is 22.5 Å². The number of likely N-dealkylation sites (tertiary alicyclic amines) is 1. The minimum Gasteiger partial charge on any atom is -0.342 e. The van der Waals surface area contributed by atoms with Crippen molar-refractivity contribution in [2.24, 2.45) is 11.8 Å². The Hall–Kier alpha value is -2.95. The second-order valence-corrected chi connectivity index (χ2v) is 8.46. The highest BCUT2D eigenvalue weighted by atomic mass is 16.2. The predicted octanol–water partition coefficient (Wildman–Crippen LogP) is 4.18. The van der Waals surface area contributed by atoms with E-state index in [-0.39, 0.29) is 0 Å². The third-order valence-electron chi connectivity index (χ3n) is 6.12. The first kappa shape index (κ1) is 18.1. The average molecular weight is 386 g/mol. The van der Waals surface area contributed by atoms with Crippen LogP contribution in [0.25, 0.3) is 22.5 Å². The van der Waals surface area contributed by atoms with Crippen LogP contribution in [0.3, 0.4) is 0 Å². The molecule has 3 aromatic rings. The molecule has 148 valence electrons. The van der Waals surface area contributed by atoms with E-state index in [1.165, 1.54) is 16.7 Å². The molecule has 2 aromatic carbocycles. The number of nitrogens with zero attached hydrogens (tertiary/aromatic N) is 4. The summed E-state index contributed by atoms with van der Waals surface area (Å²) in [5, 5.41) is 8.52. The standard InChI is InChI=1S/C24H26N4O/c1-17-2-4-19(5-3-17)20-6-8-21(9-7-20)23-26-25-16-28(23)15-18-12-13-27(14-18)24(29)22-10-11-22/h2-9,16,18,22H,10-15H2,1H3/t18-/m0/s1. The molecule has 2 heterocycles. The van der Waals surface area contributed by atoms with Gasteiger partial charge in [0.1, 0.15) is 6.33 Å². The summed E-state index contributed by atoms with van der Waals surface area (Å²) >= 11 is 0. The molecule has 0 N–H and O–H groups in total. The summed E-state index contributed by atoms with van der Waals surface area (Å²) in [7, 11) is 0. The van der Waals surface area contributed by atoms with Gasteiger partial charge in [-0.25, -0.2) is 0 Å². The minimum atomic E-state index is 0.311. The Balaban J connectivity index is 1.29. The summed E-state index contributed by atoms with van der Waals surface area (Å²) < 4.78 is 2.14. The smallest absolute Gasteiger partial charge is 0.225 e. The molecule has 5 nitrogen and oxygen atoms in total. The largest absolute Gasteiger partial charge is 0.342 e. The summed E-state index contributed by atoms with van der Waals surface area (Å²) in [4.78, 5) is 14.4. The van der Waals surface area contributed by atoms with Crippen molar-refractivity contribution < 1.29 is 4.79 Å². The van der Waals surface area contributed by atoms with Gasteiger partial charge in [-0.3, -0.25) is 4.79 Å². The molecule has 2 fully saturated rings. The number of carbonyl (C=O) groups excluding carboxylic acids is 1. The highest BCUT2D eigenvalue weighted by Crippen LogP contribution is 2.33. The monoisotopic (exact) mass is 386 g/mol. The van der Waals surface area contributed by atoms with Gasteiger partial charge in [0.05, 0.1) is 0 Å². The SMILES string of the molecule is Cc1ccc(-c2ccc(-c3nncn3C[C@H]3CCN(C(=O)C4CC4)C3)cc2)cc1. The van der Waals surface area contributed by atoms with Gasteiger partial charge in [0.15, 0.2) is 5.82 Å². The normalized spacial score (nSPS) is 18.9. The van der Waals surface area contributed by atoms with Gasteiger partial charge >= 0.3 is 0 Å². The third-order valence-corrected chi connectivity index (χ3v) is 6.12.